The third-order valence-electron chi connectivity index (χ3n) is 3.96. The molecular formula is C22H16Cl3N3O3. The SMILES string of the molecule is O=C(N/N=C\c1ccc(OCc2ccc(Cl)cc2)cc1)C(=O)Nc1ccc(Cl)c(Cl)c1. The quantitative estimate of drug-likeness (QED) is 0.287. The zero-order valence-electron chi connectivity index (χ0n) is 15.9. The number of benzene rings is 3. The zero-order valence-corrected chi connectivity index (χ0v) is 18.2. The van der Waals surface area contributed by atoms with Crippen molar-refractivity contribution in [3.8, 4) is 5.75 Å². The Labute approximate surface area is 193 Å². The molecule has 31 heavy (non-hydrogen) atoms. The zero-order chi connectivity index (χ0) is 22.2. The number of hydrogen-bond acceptors (Lipinski definition) is 4. The maximum absolute atomic E-state index is 11.9. The minimum atomic E-state index is -0.926. The second-order valence-corrected chi connectivity index (χ2v) is 7.52. The van der Waals surface area contributed by atoms with Gasteiger partial charge in [0.05, 0.1) is 16.3 Å². The van der Waals surface area contributed by atoms with Crippen LogP contribution in [0.2, 0.25) is 15.1 Å². The van der Waals surface area contributed by atoms with E-state index in [4.69, 9.17) is 39.5 Å². The van der Waals surface area contributed by atoms with E-state index in [2.05, 4.69) is 15.8 Å². The summed E-state index contributed by atoms with van der Waals surface area (Å²) in [7, 11) is 0. The van der Waals surface area contributed by atoms with Gasteiger partial charge < -0.3 is 10.1 Å². The minimum absolute atomic E-state index is 0.262. The highest BCUT2D eigenvalue weighted by Crippen LogP contribution is 2.24. The molecule has 158 valence electrons. The number of ether oxygens (including phenoxy) is 1. The maximum Gasteiger partial charge on any atom is 0.329 e. The van der Waals surface area contributed by atoms with E-state index in [0.29, 0.717) is 33.7 Å². The molecule has 0 aliphatic heterocycles. The van der Waals surface area contributed by atoms with Gasteiger partial charge in [0.2, 0.25) is 0 Å². The molecular weight excluding hydrogens is 461 g/mol. The first-order valence-corrected chi connectivity index (χ1v) is 10.1. The Balaban J connectivity index is 1.47. The summed E-state index contributed by atoms with van der Waals surface area (Å²) in [5, 5.41) is 7.46. The van der Waals surface area contributed by atoms with Crippen molar-refractivity contribution in [2.75, 3.05) is 5.32 Å². The highest BCUT2D eigenvalue weighted by molar-refractivity contribution is 6.43. The fourth-order valence-corrected chi connectivity index (χ4v) is 2.80. The predicted molar refractivity (Wildman–Crippen MR) is 123 cm³/mol. The number of halogens is 3. The number of carbonyl (C=O) groups is 2. The van der Waals surface area contributed by atoms with Crippen molar-refractivity contribution in [3.05, 3.63) is 92.9 Å². The maximum atomic E-state index is 11.9. The number of hydrogen-bond donors (Lipinski definition) is 2. The Morgan fingerprint density at radius 3 is 2.26 bits per heavy atom. The highest BCUT2D eigenvalue weighted by Gasteiger charge is 2.13. The van der Waals surface area contributed by atoms with Gasteiger partial charge >= 0.3 is 11.8 Å². The number of hydrazone groups is 1. The molecule has 0 aliphatic carbocycles. The van der Waals surface area contributed by atoms with Crippen LogP contribution in [-0.2, 0) is 16.2 Å². The third-order valence-corrected chi connectivity index (χ3v) is 4.95. The van der Waals surface area contributed by atoms with Crippen LogP contribution in [0.5, 0.6) is 5.75 Å². The smallest absolute Gasteiger partial charge is 0.329 e. The van der Waals surface area contributed by atoms with Gasteiger partial charge in [-0.3, -0.25) is 9.59 Å². The Morgan fingerprint density at radius 1 is 0.871 bits per heavy atom. The lowest BCUT2D eigenvalue weighted by molar-refractivity contribution is -0.136. The van der Waals surface area contributed by atoms with Gasteiger partial charge in [0, 0.05) is 10.7 Å². The summed E-state index contributed by atoms with van der Waals surface area (Å²) in [4.78, 5) is 23.8. The van der Waals surface area contributed by atoms with Crippen LogP contribution < -0.4 is 15.5 Å². The van der Waals surface area contributed by atoms with Gasteiger partial charge in [-0.05, 0) is 65.7 Å². The average molecular weight is 477 g/mol. The summed E-state index contributed by atoms with van der Waals surface area (Å²) in [5.41, 5.74) is 4.21. The van der Waals surface area contributed by atoms with Crippen molar-refractivity contribution in [2.45, 2.75) is 6.61 Å². The molecule has 3 rings (SSSR count). The topological polar surface area (TPSA) is 79.8 Å². The van der Waals surface area contributed by atoms with E-state index in [1.807, 2.05) is 12.1 Å². The normalized spacial score (nSPS) is 10.7. The van der Waals surface area contributed by atoms with Crippen LogP contribution in [0.25, 0.3) is 0 Å². The fourth-order valence-electron chi connectivity index (χ4n) is 2.38. The van der Waals surface area contributed by atoms with Gasteiger partial charge in [-0.15, -0.1) is 0 Å². The molecule has 0 saturated carbocycles. The molecule has 0 aromatic heterocycles. The Hall–Kier alpha value is -3.06. The van der Waals surface area contributed by atoms with E-state index < -0.39 is 11.8 Å². The molecule has 0 bridgehead atoms. The number of nitrogens with zero attached hydrogens (tertiary/aromatic N) is 1. The first-order chi connectivity index (χ1) is 14.9. The molecule has 3 aromatic carbocycles. The van der Waals surface area contributed by atoms with Crippen molar-refractivity contribution < 1.29 is 14.3 Å². The van der Waals surface area contributed by atoms with E-state index >= 15 is 0 Å². The lowest BCUT2D eigenvalue weighted by Gasteiger charge is -2.06. The van der Waals surface area contributed by atoms with Crippen molar-refractivity contribution in [1.29, 1.82) is 0 Å². The van der Waals surface area contributed by atoms with Crippen molar-refractivity contribution in [1.82, 2.24) is 5.43 Å². The van der Waals surface area contributed by atoms with Gasteiger partial charge in [-0.1, -0.05) is 46.9 Å². The minimum Gasteiger partial charge on any atom is -0.489 e. The van der Waals surface area contributed by atoms with Crippen molar-refractivity contribution in [3.63, 3.8) is 0 Å². The third kappa shape index (κ3) is 7.00. The summed E-state index contributed by atoms with van der Waals surface area (Å²) < 4.78 is 5.71. The molecule has 3 aromatic rings. The van der Waals surface area contributed by atoms with Gasteiger partial charge in [-0.25, -0.2) is 5.43 Å². The fraction of sp³-hybridized carbons (Fsp3) is 0.0455. The molecule has 0 unspecified atom stereocenters. The van der Waals surface area contributed by atoms with Gasteiger partial charge in [0.25, 0.3) is 0 Å². The average Bonchev–Trinajstić information content (AvgIpc) is 2.76. The molecule has 0 aliphatic rings. The van der Waals surface area contributed by atoms with E-state index in [1.165, 1.54) is 24.4 Å². The Morgan fingerprint density at radius 2 is 1.58 bits per heavy atom. The Kier molecular flexibility index (Phi) is 7.89. The molecule has 6 nitrogen and oxygen atoms in total. The molecule has 0 heterocycles. The van der Waals surface area contributed by atoms with Gasteiger partial charge in [-0.2, -0.15) is 5.10 Å². The van der Waals surface area contributed by atoms with Crippen LogP contribution in [0.4, 0.5) is 5.69 Å². The molecule has 0 fully saturated rings. The molecule has 0 atom stereocenters. The standard InChI is InChI=1S/C22H16Cl3N3O3/c23-16-5-1-15(2-6-16)13-31-18-8-3-14(4-9-18)12-26-28-22(30)21(29)27-17-7-10-19(24)20(25)11-17/h1-12H,13H2,(H,27,29)(H,28,30)/b26-12-. The van der Waals surface area contributed by atoms with Crippen LogP contribution in [0, 0.1) is 0 Å². The van der Waals surface area contributed by atoms with Crippen LogP contribution in [0.1, 0.15) is 11.1 Å². The van der Waals surface area contributed by atoms with E-state index in [0.717, 1.165) is 5.56 Å². The van der Waals surface area contributed by atoms with Crippen LogP contribution in [0.3, 0.4) is 0 Å². The number of anilines is 1. The summed E-state index contributed by atoms with van der Waals surface area (Å²) in [6, 6.07) is 19.0. The van der Waals surface area contributed by atoms with Crippen LogP contribution in [-0.4, -0.2) is 18.0 Å². The predicted octanol–water partition coefficient (Wildman–Crippen LogP) is 5.31. The van der Waals surface area contributed by atoms with Gasteiger partial charge in [0.15, 0.2) is 0 Å². The van der Waals surface area contributed by atoms with E-state index in [1.54, 1.807) is 36.4 Å². The van der Waals surface area contributed by atoms with Crippen LogP contribution >= 0.6 is 34.8 Å². The molecule has 2 N–H and O–H groups in total. The second-order valence-electron chi connectivity index (χ2n) is 6.27. The summed E-state index contributed by atoms with van der Waals surface area (Å²) in [6.45, 7) is 0.411. The van der Waals surface area contributed by atoms with Gasteiger partial charge in [0.1, 0.15) is 12.4 Å². The summed E-state index contributed by atoms with van der Waals surface area (Å²) >= 11 is 17.5. The van der Waals surface area contributed by atoms with Crippen LogP contribution in [0.15, 0.2) is 71.8 Å². The monoisotopic (exact) mass is 475 g/mol. The first kappa shape index (κ1) is 22.6. The highest BCUT2D eigenvalue weighted by atomic mass is 35.5. The van der Waals surface area contributed by atoms with Crippen molar-refractivity contribution in [2.24, 2.45) is 5.10 Å². The van der Waals surface area contributed by atoms with Crippen molar-refractivity contribution >= 4 is 58.5 Å². The first-order valence-electron chi connectivity index (χ1n) is 8.97. The second kappa shape index (κ2) is 10.8. The molecule has 2 amide bonds. The number of amides is 2. The molecule has 0 radical (unpaired) electrons. The number of rotatable bonds is 6. The molecule has 9 heteroatoms. The molecule has 0 spiro atoms. The number of carbonyl (C=O) groups excluding carboxylic acids is 2. The Bertz CT molecular complexity index is 1100. The lowest BCUT2D eigenvalue weighted by atomic mass is 10.2. The summed E-state index contributed by atoms with van der Waals surface area (Å²) in [6.07, 6.45) is 1.41. The van der Waals surface area contributed by atoms with E-state index in [-0.39, 0.29) is 5.02 Å². The van der Waals surface area contributed by atoms with E-state index in [9.17, 15) is 9.59 Å². The number of nitrogens with one attached hydrogen (secondary N) is 2. The lowest BCUT2D eigenvalue weighted by Crippen LogP contribution is -2.32. The largest absolute Gasteiger partial charge is 0.489 e. The molecule has 0 saturated heterocycles. The summed E-state index contributed by atoms with van der Waals surface area (Å²) in [5.74, 6) is -1.14.